The van der Waals surface area contributed by atoms with Crippen LogP contribution in [0.2, 0.25) is 0 Å². The summed E-state index contributed by atoms with van der Waals surface area (Å²) >= 11 is 1.69. The van der Waals surface area contributed by atoms with E-state index in [0.717, 1.165) is 12.5 Å². The fraction of sp³-hybridized carbons (Fsp3) is 0.500. The molecule has 0 amide bonds. The Morgan fingerprint density at radius 3 is 2.67 bits per heavy atom. The number of rotatable bonds is 10. The maximum absolute atomic E-state index is 10.4. The SMILES string of the molecule is CC(C1CC1)N(Cc1ccccc1)CC(O)COCc1cccs1. The summed E-state index contributed by atoms with van der Waals surface area (Å²) in [5.41, 5.74) is 1.30. The minimum Gasteiger partial charge on any atom is -0.389 e. The van der Waals surface area contributed by atoms with Gasteiger partial charge in [0.25, 0.3) is 0 Å². The molecule has 1 saturated carbocycles. The maximum Gasteiger partial charge on any atom is 0.0900 e. The zero-order chi connectivity index (χ0) is 16.8. The molecule has 2 atom stereocenters. The topological polar surface area (TPSA) is 32.7 Å². The fourth-order valence-electron chi connectivity index (χ4n) is 3.08. The summed E-state index contributed by atoms with van der Waals surface area (Å²) in [6.07, 6.45) is 2.18. The van der Waals surface area contributed by atoms with Crippen LogP contribution in [0.4, 0.5) is 0 Å². The Morgan fingerprint density at radius 1 is 1.21 bits per heavy atom. The molecule has 0 bridgehead atoms. The van der Waals surface area contributed by atoms with E-state index in [4.69, 9.17) is 4.74 Å². The summed E-state index contributed by atoms with van der Waals surface area (Å²) in [6.45, 7) is 4.82. The van der Waals surface area contributed by atoms with Gasteiger partial charge in [-0.2, -0.15) is 0 Å². The first-order valence-electron chi connectivity index (χ1n) is 8.78. The van der Waals surface area contributed by atoms with E-state index < -0.39 is 6.10 Å². The fourth-order valence-corrected chi connectivity index (χ4v) is 3.72. The van der Waals surface area contributed by atoms with Crippen molar-refractivity contribution in [3.05, 3.63) is 58.3 Å². The Balaban J connectivity index is 1.50. The normalized spacial score (nSPS) is 17.1. The molecule has 0 saturated heterocycles. The molecule has 1 aliphatic rings. The van der Waals surface area contributed by atoms with Gasteiger partial charge >= 0.3 is 0 Å². The van der Waals surface area contributed by atoms with Gasteiger partial charge in [0.15, 0.2) is 0 Å². The quantitative estimate of drug-likeness (QED) is 0.708. The number of hydrogen-bond acceptors (Lipinski definition) is 4. The average Bonchev–Trinajstić information content (AvgIpc) is 3.31. The van der Waals surface area contributed by atoms with Crippen molar-refractivity contribution in [1.29, 1.82) is 0 Å². The van der Waals surface area contributed by atoms with Crippen LogP contribution in [-0.2, 0) is 17.9 Å². The van der Waals surface area contributed by atoms with Gasteiger partial charge in [0.1, 0.15) is 0 Å². The van der Waals surface area contributed by atoms with Gasteiger partial charge in [0.05, 0.1) is 19.3 Å². The Bertz CT molecular complexity index is 583. The molecular formula is C20H27NO2S. The highest BCUT2D eigenvalue weighted by molar-refractivity contribution is 7.09. The number of benzene rings is 1. The van der Waals surface area contributed by atoms with Crippen molar-refractivity contribution in [2.24, 2.45) is 5.92 Å². The van der Waals surface area contributed by atoms with Gasteiger partial charge in [-0.25, -0.2) is 0 Å². The molecule has 2 aromatic rings. The van der Waals surface area contributed by atoms with E-state index >= 15 is 0 Å². The van der Waals surface area contributed by atoms with Crippen LogP contribution in [0.1, 0.15) is 30.2 Å². The van der Waals surface area contributed by atoms with Crippen molar-refractivity contribution in [1.82, 2.24) is 4.90 Å². The molecule has 0 spiro atoms. The summed E-state index contributed by atoms with van der Waals surface area (Å²) in [5, 5.41) is 12.5. The van der Waals surface area contributed by atoms with Crippen LogP contribution >= 0.6 is 11.3 Å². The van der Waals surface area contributed by atoms with E-state index in [2.05, 4.69) is 42.2 Å². The highest BCUT2D eigenvalue weighted by atomic mass is 32.1. The number of nitrogens with zero attached hydrogens (tertiary/aromatic N) is 1. The molecule has 4 heteroatoms. The monoisotopic (exact) mass is 345 g/mol. The lowest BCUT2D eigenvalue weighted by Gasteiger charge is -2.31. The largest absolute Gasteiger partial charge is 0.389 e. The number of ether oxygens (including phenoxy) is 1. The molecular weight excluding hydrogens is 318 g/mol. The Labute approximate surface area is 148 Å². The van der Waals surface area contributed by atoms with E-state index in [1.165, 1.54) is 23.3 Å². The second kappa shape index (κ2) is 8.77. The first kappa shape index (κ1) is 17.6. The molecule has 130 valence electrons. The van der Waals surface area contributed by atoms with Crippen LogP contribution in [-0.4, -0.2) is 35.3 Å². The highest BCUT2D eigenvalue weighted by Crippen LogP contribution is 2.35. The van der Waals surface area contributed by atoms with Gasteiger partial charge in [-0.15, -0.1) is 11.3 Å². The van der Waals surface area contributed by atoms with Gasteiger partial charge < -0.3 is 9.84 Å². The third-order valence-electron chi connectivity index (χ3n) is 4.69. The minimum atomic E-state index is -0.449. The zero-order valence-electron chi connectivity index (χ0n) is 14.3. The van der Waals surface area contributed by atoms with Gasteiger partial charge in [-0.05, 0) is 42.7 Å². The van der Waals surface area contributed by atoms with Gasteiger partial charge in [0, 0.05) is 24.0 Å². The predicted octanol–water partition coefficient (Wildman–Crippen LogP) is 3.93. The smallest absolute Gasteiger partial charge is 0.0900 e. The first-order valence-corrected chi connectivity index (χ1v) is 9.66. The molecule has 0 aliphatic heterocycles. The van der Waals surface area contributed by atoms with Crippen molar-refractivity contribution in [3.8, 4) is 0 Å². The highest BCUT2D eigenvalue weighted by Gasteiger charge is 2.32. The molecule has 1 heterocycles. The predicted molar refractivity (Wildman–Crippen MR) is 99.0 cm³/mol. The summed E-state index contributed by atoms with van der Waals surface area (Å²) < 4.78 is 5.68. The average molecular weight is 346 g/mol. The second-order valence-electron chi connectivity index (χ2n) is 6.74. The third-order valence-corrected chi connectivity index (χ3v) is 5.54. The molecule has 1 N–H and O–H groups in total. The van der Waals surface area contributed by atoms with Gasteiger partial charge in [0.2, 0.25) is 0 Å². The van der Waals surface area contributed by atoms with E-state index in [-0.39, 0.29) is 0 Å². The van der Waals surface area contributed by atoms with Gasteiger partial charge in [-0.1, -0.05) is 36.4 Å². The summed E-state index contributed by atoms with van der Waals surface area (Å²) in [7, 11) is 0. The second-order valence-corrected chi connectivity index (χ2v) is 7.77. The van der Waals surface area contributed by atoms with Crippen molar-refractivity contribution < 1.29 is 9.84 Å². The van der Waals surface area contributed by atoms with Crippen LogP contribution in [0.5, 0.6) is 0 Å². The molecule has 0 radical (unpaired) electrons. The lowest BCUT2D eigenvalue weighted by atomic mass is 10.1. The van der Waals surface area contributed by atoms with Crippen molar-refractivity contribution in [3.63, 3.8) is 0 Å². The first-order chi connectivity index (χ1) is 11.7. The van der Waals surface area contributed by atoms with E-state index in [1.54, 1.807) is 11.3 Å². The summed E-state index contributed by atoms with van der Waals surface area (Å²) in [6, 6.07) is 15.1. The molecule has 3 nitrogen and oxygen atoms in total. The van der Waals surface area contributed by atoms with Crippen molar-refractivity contribution in [2.75, 3.05) is 13.2 Å². The number of thiophene rings is 1. The number of aliphatic hydroxyl groups excluding tert-OH is 1. The van der Waals surface area contributed by atoms with Crippen LogP contribution in [0.25, 0.3) is 0 Å². The van der Waals surface area contributed by atoms with Crippen LogP contribution in [0, 0.1) is 5.92 Å². The third kappa shape index (κ3) is 5.42. The number of aliphatic hydroxyl groups is 1. The zero-order valence-corrected chi connectivity index (χ0v) is 15.1. The van der Waals surface area contributed by atoms with Crippen LogP contribution < -0.4 is 0 Å². The lowest BCUT2D eigenvalue weighted by Crippen LogP contribution is -2.41. The molecule has 24 heavy (non-hydrogen) atoms. The molecule has 2 unspecified atom stereocenters. The molecule has 1 aromatic carbocycles. The van der Waals surface area contributed by atoms with E-state index in [0.29, 0.717) is 25.8 Å². The summed E-state index contributed by atoms with van der Waals surface area (Å²) in [5.74, 6) is 0.785. The number of hydrogen-bond donors (Lipinski definition) is 1. The van der Waals surface area contributed by atoms with E-state index in [9.17, 15) is 5.11 Å². The Morgan fingerprint density at radius 2 is 2.00 bits per heavy atom. The summed E-state index contributed by atoms with van der Waals surface area (Å²) in [4.78, 5) is 3.61. The van der Waals surface area contributed by atoms with Crippen molar-refractivity contribution in [2.45, 2.75) is 45.1 Å². The lowest BCUT2D eigenvalue weighted by molar-refractivity contribution is 0.000544. The van der Waals surface area contributed by atoms with Crippen molar-refractivity contribution >= 4 is 11.3 Å². The molecule has 1 aromatic heterocycles. The standard InChI is InChI=1S/C20H27NO2S/c1-16(18-9-10-18)21(12-17-6-3-2-4-7-17)13-19(22)14-23-15-20-8-5-11-24-20/h2-8,11,16,18-19,22H,9-10,12-15H2,1H3. The minimum absolute atomic E-state index is 0.389. The molecule has 3 rings (SSSR count). The van der Waals surface area contributed by atoms with Gasteiger partial charge in [-0.3, -0.25) is 4.90 Å². The van der Waals surface area contributed by atoms with Crippen LogP contribution in [0.15, 0.2) is 47.8 Å². The molecule has 1 aliphatic carbocycles. The van der Waals surface area contributed by atoms with E-state index in [1.807, 2.05) is 17.5 Å². The van der Waals surface area contributed by atoms with Crippen LogP contribution in [0.3, 0.4) is 0 Å². The maximum atomic E-state index is 10.4. The Hall–Kier alpha value is -1.20. The Kier molecular flexibility index (Phi) is 6.44. The molecule has 1 fully saturated rings.